The molecule has 2 aromatic carbocycles. The highest BCUT2D eigenvalue weighted by Crippen LogP contribution is 2.19. The number of anilines is 2. The van der Waals surface area contributed by atoms with Crippen LogP contribution in [0.5, 0.6) is 0 Å². The zero-order valence-electron chi connectivity index (χ0n) is 15.8. The first kappa shape index (κ1) is 19.2. The summed E-state index contributed by atoms with van der Waals surface area (Å²) in [6.07, 6.45) is 0. The summed E-state index contributed by atoms with van der Waals surface area (Å²) in [5.41, 5.74) is 12.5. The van der Waals surface area contributed by atoms with Gasteiger partial charge in [0.1, 0.15) is 0 Å². The van der Waals surface area contributed by atoms with Crippen LogP contribution >= 0.6 is 12.2 Å². The van der Waals surface area contributed by atoms with Crippen LogP contribution in [-0.2, 0) is 4.74 Å². The van der Waals surface area contributed by atoms with E-state index < -0.39 is 0 Å². The number of hydrazine groups is 1. The van der Waals surface area contributed by atoms with Gasteiger partial charge in [0.25, 0.3) is 0 Å². The molecule has 0 amide bonds. The molecule has 5 nitrogen and oxygen atoms in total. The molecule has 0 unspecified atom stereocenters. The Morgan fingerprint density at radius 3 is 2.37 bits per heavy atom. The van der Waals surface area contributed by atoms with Gasteiger partial charge in [-0.25, -0.2) is 0 Å². The van der Waals surface area contributed by atoms with Gasteiger partial charge in [-0.2, -0.15) is 0 Å². The lowest BCUT2D eigenvalue weighted by molar-refractivity contribution is 0.122. The minimum absolute atomic E-state index is 0.490. The third-order valence-electron chi connectivity index (χ3n) is 4.68. The van der Waals surface area contributed by atoms with Crippen LogP contribution in [0.15, 0.2) is 49.0 Å². The number of ether oxygens (including phenoxy) is 1. The maximum absolute atomic E-state index is 5.40. The van der Waals surface area contributed by atoms with Crippen molar-refractivity contribution in [3.8, 4) is 0 Å². The SMILES string of the molecule is C=C(NNC(=S)Nc1ccc(C)c(C)c1)c1ccc(N2CCOCC2)cc1. The zero-order chi connectivity index (χ0) is 19.2. The van der Waals surface area contributed by atoms with Crippen LogP contribution in [0.3, 0.4) is 0 Å². The first-order valence-corrected chi connectivity index (χ1v) is 9.46. The molecule has 1 fully saturated rings. The summed E-state index contributed by atoms with van der Waals surface area (Å²) in [7, 11) is 0. The van der Waals surface area contributed by atoms with E-state index >= 15 is 0 Å². The van der Waals surface area contributed by atoms with Gasteiger partial charge in [-0.1, -0.05) is 24.8 Å². The van der Waals surface area contributed by atoms with Crippen LogP contribution in [0, 0.1) is 13.8 Å². The number of aryl methyl sites for hydroxylation is 2. The van der Waals surface area contributed by atoms with E-state index in [0.717, 1.165) is 43.3 Å². The van der Waals surface area contributed by atoms with E-state index in [9.17, 15) is 0 Å². The van der Waals surface area contributed by atoms with Crippen molar-refractivity contribution in [2.45, 2.75) is 13.8 Å². The number of hydrogen-bond acceptors (Lipinski definition) is 4. The van der Waals surface area contributed by atoms with Crippen molar-refractivity contribution >= 4 is 34.4 Å². The van der Waals surface area contributed by atoms with Gasteiger partial charge in [0, 0.05) is 24.5 Å². The monoisotopic (exact) mass is 382 g/mol. The Balaban J connectivity index is 1.50. The van der Waals surface area contributed by atoms with Gasteiger partial charge in [-0.15, -0.1) is 0 Å². The minimum atomic E-state index is 0.490. The molecule has 3 rings (SSSR count). The van der Waals surface area contributed by atoms with Gasteiger partial charge in [0.2, 0.25) is 0 Å². The molecule has 2 aromatic rings. The number of nitrogens with zero attached hydrogens (tertiary/aromatic N) is 1. The lowest BCUT2D eigenvalue weighted by atomic mass is 10.1. The van der Waals surface area contributed by atoms with Crippen molar-refractivity contribution in [2.75, 3.05) is 36.5 Å². The summed E-state index contributed by atoms with van der Waals surface area (Å²) in [6.45, 7) is 11.7. The van der Waals surface area contributed by atoms with Gasteiger partial charge >= 0.3 is 0 Å². The number of hydrogen-bond donors (Lipinski definition) is 3. The smallest absolute Gasteiger partial charge is 0.189 e. The minimum Gasteiger partial charge on any atom is -0.378 e. The van der Waals surface area contributed by atoms with E-state index in [2.05, 4.69) is 77.9 Å². The fraction of sp³-hybridized carbons (Fsp3) is 0.286. The van der Waals surface area contributed by atoms with Crippen molar-refractivity contribution < 1.29 is 4.74 Å². The van der Waals surface area contributed by atoms with Crippen molar-refractivity contribution in [1.82, 2.24) is 10.9 Å². The Labute approximate surface area is 166 Å². The molecule has 27 heavy (non-hydrogen) atoms. The molecule has 0 aliphatic carbocycles. The lowest BCUT2D eigenvalue weighted by Gasteiger charge is -2.29. The average molecular weight is 383 g/mol. The number of thiocarbonyl (C=S) groups is 1. The maximum Gasteiger partial charge on any atom is 0.189 e. The van der Waals surface area contributed by atoms with Crippen molar-refractivity contribution in [2.24, 2.45) is 0 Å². The normalized spacial score (nSPS) is 13.8. The first-order chi connectivity index (χ1) is 13.0. The van der Waals surface area contributed by atoms with E-state index in [1.807, 2.05) is 6.07 Å². The van der Waals surface area contributed by atoms with Crippen molar-refractivity contribution in [3.05, 3.63) is 65.7 Å². The van der Waals surface area contributed by atoms with Gasteiger partial charge in [-0.3, -0.25) is 10.9 Å². The molecule has 1 aliphatic heterocycles. The lowest BCUT2D eigenvalue weighted by Crippen LogP contribution is -2.38. The Hall–Kier alpha value is -2.57. The van der Waals surface area contributed by atoms with Gasteiger partial charge in [0.05, 0.1) is 18.9 Å². The summed E-state index contributed by atoms with van der Waals surface area (Å²) in [6, 6.07) is 14.5. The topological polar surface area (TPSA) is 48.6 Å². The van der Waals surface area contributed by atoms with Crippen LogP contribution in [0.2, 0.25) is 0 Å². The molecule has 6 heteroatoms. The molecular formula is C21H26N4OS. The molecule has 3 N–H and O–H groups in total. The molecule has 1 heterocycles. The summed E-state index contributed by atoms with van der Waals surface area (Å²) < 4.78 is 5.40. The second-order valence-electron chi connectivity index (χ2n) is 6.63. The molecule has 0 atom stereocenters. The molecule has 0 bridgehead atoms. The fourth-order valence-corrected chi connectivity index (χ4v) is 3.05. The van der Waals surface area contributed by atoms with Gasteiger partial charge < -0.3 is 15.0 Å². The molecule has 0 saturated carbocycles. The van der Waals surface area contributed by atoms with Crippen LogP contribution in [0.1, 0.15) is 16.7 Å². The van der Waals surface area contributed by atoms with E-state index in [1.165, 1.54) is 16.8 Å². The third kappa shape index (κ3) is 5.21. The average Bonchev–Trinajstić information content (AvgIpc) is 2.70. The highest BCUT2D eigenvalue weighted by atomic mass is 32.1. The Kier molecular flexibility index (Phi) is 6.32. The summed E-state index contributed by atoms with van der Waals surface area (Å²) in [4.78, 5) is 2.32. The predicted octanol–water partition coefficient (Wildman–Crippen LogP) is 3.60. The molecule has 1 saturated heterocycles. The number of morpholine rings is 1. The molecule has 0 radical (unpaired) electrons. The summed E-state index contributed by atoms with van der Waals surface area (Å²) in [5, 5.41) is 3.66. The van der Waals surface area contributed by atoms with Crippen LogP contribution in [0.25, 0.3) is 5.70 Å². The first-order valence-electron chi connectivity index (χ1n) is 9.05. The van der Waals surface area contributed by atoms with Crippen LogP contribution in [-0.4, -0.2) is 31.4 Å². The fourth-order valence-electron chi connectivity index (χ4n) is 2.88. The second-order valence-corrected chi connectivity index (χ2v) is 7.04. The van der Waals surface area contributed by atoms with Crippen molar-refractivity contribution in [3.63, 3.8) is 0 Å². The van der Waals surface area contributed by atoms with E-state index in [4.69, 9.17) is 17.0 Å². The standard InChI is InChI=1S/C21H26N4OS/c1-15-4-7-19(14-16(15)2)22-21(27)24-23-17(3)18-5-8-20(9-6-18)25-10-12-26-13-11-25/h4-9,14,23H,3,10-13H2,1-2H3,(H2,22,24,27). The molecule has 0 spiro atoms. The summed E-state index contributed by atoms with van der Waals surface area (Å²) in [5.74, 6) is 0. The van der Waals surface area contributed by atoms with Crippen LogP contribution in [0.4, 0.5) is 11.4 Å². The Morgan fingerprint density at radius 1 is 1.00 bits per heavy atom. The summed E-state index contributed by atoms with van der Waals surface area (Å²) >= 11 is 5.34. The maximum atomic E-state index is 5.40. The Morgan fingerprint density at radius 2 is 1.70 bits per heavy atom. The zero-order valence-corrected chi connectivity index (χ0v) is 16.7. The second kappa shape index (κ2) is 8.88. The molecule has 0 aromatic heterocycles. The van der Waals surface area contributed by atoms with Gasteiger partial charge in [0.15, 0.2) is 5.11 Å². The highest BCUT2D eigenvalue weighted by Gasteiger charge is 2.11. The highest BCUT2D eigenvalue weighted by molar-refractivity contribution is 7.80. The molecule has 1 aliphatic rings. The number of nitrogens with one attached hydrogen (secondary N) is 3. The third-order valence-corrected chi connectivity index (χ3v) is 4.89. The largest absolute Gasteiger partial charge is 0.378 e. The predicted molar refractivity (Wildman–Crippen MR) is 117 cm³/mol. The van der Waals surface area contributed by atoms with E-state index in [0.29, 0.717) is 5.11 Å². The van der Waals surface area contributed by atoms with Crippen molar-refractivity contribution in [1.29, 1.82) is 0 Å². The van der Waals surface area contributed by atoms with E-state index in [-0.39, 0.29) is 0 Å². The quantitative estimate of drug-likeness (QED) is 0.543. The van der Waals surface area contributed by atoms with Gasteiger partial charge in [-0.05, 0) is 67.0 Å². The molecular weight excluding hydrogens is 356 g/mol. The molecule has 142 valence electrons. The van der Waals surface area contributed by atoms with E-state index in [1.54, 1.807) is 0 Å². The number of benzene rings is 2. The number of rotatable bonds is 5. The van der Waals surface area contributed by atoms with Crippen LogP contribution < -0.4 is 21.1 Å². The Bertz CT molecular complexity index is 813.